The molecule has 1 saturated heterocycles. The lowest BCUT2D eigenvalue weighted by Crippen LogP contribution is -2.44. The number of likely N-dealkylation sites (N-methyl/N-ethyl adjacent to an activating group) is 1. The minimum absolute atomic E-state index is 0.0895. The van der Waals surface area contributed by atoms with Crippen LogP contribution in [0.2, 0.25) is 0 Å². The molecular weight excluding hydrogens is 476 g/mol. The van der Waals surface area contributed by atoms with Gasteiger partial charge in [0.05, 0.1) is 18.7 Å². The number of aryl methyl sites for hydroxylation is 1. The van der Waals surface area contributed by atoms with Gasteiger partial charge in [0.25, 0.3) is 5.91 Å². The monoisotopic (exact) mass is 510 g/mol. The van der Waals surface area contributed by atoms with Crippen molar-refractivity contribution in [2.75, 3.05) is 45.2 Å². The standard InChI is InChI=1S/C31H34N4O3/c1-20-9-10-25(35-13-11-34(3)12-14-35)18-27(20)30(36)33-21(2)28-16-23(15-22-7-5-6-8-26(22)28)29-17-24(19-32-29)31(37)38-4/h5-10,15-19,21,32H,11-14H2,1-4H3,(H,33,36). The first-order valence-electron chi connectivity index (χ1n) is 13.0. The molecule has 0 spiro atoms. The molecule has 0 saturated carbocycles. The summed E-state index contributed by atoms with van der Waals surface area (Å²) < 4.78 is 4.85. The van der Waals surface area contributed by atoms with Gasteiger partial charge in [-0.1, -0.05) is 30.3 Å². The van der Waals surface area contributed by atoms with Crippen molar-refractivity contribution in [2.45, 2.75) is 19.9 Å². The number of amides is 1. The predicted molar refractivity (Wildman–Crippen MR) is 152 cm³/mol. The third-order valence-corrected chi connectivity index (χ3v) is 7.46. The largest absolute Gasteiger partial charge is 0.465 e. The maximum absolute atomic E-state index is 13.5. The molecule has 7 nitrogen and oxygen atoms in total. The lowest BCUT2D eigenvalue weighted by atomic mass is 9.95. The van der Waals surface area contributed by atoms with Gasteiger partial charge in [-0.3, -0.25) is 4.79 Å². The zero-order chi connectivity index (χ0) is 26.8. The Kier molecular flexibility index (Phi) is 7.20. The molecule has 0 aliphatic carbocycles. The summed E-state index contributed by atoms with van der Waals surface area (Å²) in [6, 6.07) is 20.0. The smallest absolute Gasteiger partial charge is 0.339 e. The van der Waals surface area contributed by atoms with E-state index in [1.165, 1.54) is 7.11 Å². The molecule has 0 radical (unpaired) electrons. The average Bonchev–Trinajstić information content (AvgIpc) is 3.43. The topological polar surface area (TPSA) is 77.7 Å². The summed E-state index contributed by atoms with van der Waals surface area (Å²) in [7, 11) is 3.51. The first kappa shape index (κ1) is 25.5. The molecule has 1 aliphatic rings. The fourth-order valence-electron chi connectivity index (χ4n) is 5.12. The third-order valence-electron chi connectivity index (χ3n) is 7.46. The van der Waals surface area contributed by atoms with Crippen LogP contribution in [0.3, 0.4) is 0 Å². The molecule has 4 aromatic rings. The Hall–Kier alpha value is -4.10. The number of ether oxygens (including phenoxy) is 1. The number of carbonyl (C=O) groups is 2. The molecule has 0 bridgehead atoms. The Morgan fingerprint density at radius 2 is 1.76 bits per heavy atom. The summed E-state index contributed by atoms with van der Waals surface area (Å²) in [5.74, 6) is -0.475. The SMILES string of the molecule is COC(=O)c1c[nH]c(-c2cc(C(C)NC(=O)c3cc(N4CCN(C)CC4)ccc3C)c3ccccc3c2)c1. The van der Waals surface area contributed by atoms with Crippen LogP contribution in [0, 0.1) is 6.92 Å². The Morgan fingerprint density at radius 3 is 2.53 bits per heavy atom. The van der Waals surface area contributed by atoms with Crippen LogP contribution in [-0.4, -0.2) is 62.1 Å². The number of nitrogens with zero attached hydrogens (tertiary/aromatic N) is 2. The van der Waals surface area contributed by atoms with Crippen LogP contribution in [0.1, 0.15) is 44.8 Å². The van der Waals surface area contributed by atoms with Gasteiger partial charge in [-0.15, -0.1) is 0 Å². The number of aromatic nitrogens is 1. The Bertz CT molecular complexity index is 1480. The van der Waals surface area contributed by atoms with Gasteiger partial charge >= 0.3 is 5.97 Å². The van der Waals surface area contributed by atoms with Gasteiger partial charge in [-0.2, -0.15) is 0 Å². The van der Waals surface area contributed by atoms with E-state index < -0.39 is 0 Å². The van der Waals surface area contributed by atoms with Crippen molar-refractivity contribution < 1.29 is 14.3 Å². The molecule has 1 fully saturated rings. The molecule has 1 atom stereocenters. The predicted octanol–water partition coefficient (Wildman–Crippen LogP) is 5.17. The Morgan fingerprint density at radius 1 is 1.00 bits per heavy atom. The molecule has 2 N–H and O–H groups in total. The van der Waals surface area contributed by atoms with Crippen molar-refractivity contribution in [3.63, 3.8) is 0 Å². The summed E-state index contributed by atoms with van der Waals surface area (Å²) in [6.07, 6.45) is 1.65. The van der Waals surface area contributed by atoms with Crippen molar-refractivity contribution in [1.82, 2.24) is 15.2 Å². The molecule has 1 aromatic heterocycles. The van der Waals surface area contributed by atoms with Gasteiger partial charge in [0, 0.05) is 49.3 Å². The molecule has 2 heterocycles. The van der Waals surface area contributed by atoms with Crippen molar-refractivity contribution >= 4 is 28.3 Å². The number of methoxy groups -OCH3 is 1. The third kappa shape index (κ3) is 5.15. The number of anilines is 1. The van der Waals surface area contributed by atoms with Crippen molar-refractivity contribution in [3.8, 4) is 11.3 Å². The second kappa shape index (κ2) is 10.7. The van der Waals surface area contributed by atoms with Gasteiger partial charge in [-0.25, -0.2) is 4.79 Å². The molecule has 1 aliphatic heterocycles. The van der Waals surface area contributed by atoms with Gasteiger partial charge in [0.1, 0.15) is 0 Å². The van der Waals surface area contributed by atoms with Crippen LogP contribution in [0.4, 0.5) is 5.69 Å². The van der Waals surface area contributed by atoms with Crippen LogP contribution < -0.4 is 10.2 Å². The fourth-order valence-corrected chi connectivity index (χ4v) is 5.12. The second-order valence-electron chi connectivity index (χ2n) is 10.1. The number of fused-ring (bicyclic) bond motifs is 1. The number of carbonyl (C=O) groups excluding carboxylic acids is 2. The summed E-state index contributed by atoms with van der Waals surface area (Å²) in [5.41, 5.74) is 5.95. The van der Waals surface area contributed by atoms with Gasteiger partial charge in [-0.05, 0) is 78.7 Å². The Balaban J connectivity index is 1.44. The first-order valence-corrected chi connectivity index (χ1v) is 13.0. The van der Waals surface area contributed by atoms with E-state index in [9.17, 15) is 9.59 Å². The number of benzene rings is 3. The van der Waals surface area contributed by atoms with E-state index in [2.05, 4.69) is 57.5 Å². The highest BCUT2D eigenvalue weighted by atomic mass is 16.5. The number of rotatable bonds is 6. The quantitative estimate of drug-likeness (QED) is 0.350. The average molecular weight is 511 g/mol. The minimum Gasteiger partial charge on any atom is -0.465 e. The first-order chi connectivity index (χ1) is 18.3. The number of hydrogen-bond donors (Lipinski definition) is 2. The highest BCUT2D eigenvalue weighted by molar-refractivity contribution is 5.98. The van der Waals surface area contributed by atoms with E-state index in [1.54, 1.807) is 12.3 Å². The normalized spacial score (nSPS) is 14.9. The maximum atomic E-state index is 13.5. The van der Waals surface area contributed by atoms with Gasteiger partial charge in [0.15, 0.2) is 0 Å². The number of hydrogen-bond acceptors (Lipinski definition) is 5. The molecule has 196 valence electrons. The summed E-state index contributed by atoms with van der Waals surface area (Å²) in [4.78, 5) is 33.4. The number of H-pyrrole nitrogens is 1. The second-order valence-corrected chi connectivity index (χ2v) is 10.1. The van der Waals surface area contributed by atoms with E-state index >= 15 is 0 Å². The molecule has 1 amide bonds. The number of piperazine rings is 1. The molecule has 5 rings (SSSR count). The molecular formula is C31H34N4O3. The van der Waals surface area contributed by atoms with E-state index in [-0.39, 0.29) is 17.9 Å². The lowest BCUT2D eigenvalue weighted by molar-refractivity contribution is 0.0600. The molecule has 7 heteroatoms. The van der Waals surface area contributed by atoms with E-state index in [0.29, 0.717) is 11.1 Å². The molecule has 38 heavy (non-hydrogen) atoms. The van der Waals surface area contributed by atoms with Gasteiger partial charge < -0.3 is 24.8 Å². The summed E-state index contributed by atoms with van der Waals surface area (Å²) >= 11 is 0. The number of esters is 1. The highest BCUT2D eigenvalue weighted by Crippen LogP contribution is 2.32. The van der Waals surface area contributed by atoms with Crippen LogP contribution in [0.5, 0.6) is 0 Å². The maximum Gasteiger partial charge on any atom is 0.339 e. The van der Waals surface area contributed by atoms with E-state index in [4.69, 9.17) is 4.74 Å². The molecule has 3 aromatic carbocycles. The van der Waals surface area contributed by atoms with Gasteiger partial charge in [0.2, 0.25) is 0 Å². The summed E-state index contributed by atoms with van der Waals surface area (Å²) in [6.45, 7) is 7.92. The van der Waals surface area contributed by atoms with Crippen LogP contribution in [0.15, 0.2) is 66.9 Å². The lowest BCUT2D eigenvalue weighted by Gasteiger charge is -2.34. The van der Waals surface area contributed by atoms with Crippen molar-refractivity contribution in [1.29, 1.82) is 0 Å². The number of aromatic amines is 1. The fraction of sp³-hybridized carbons (Fsp3) is 0.290. The van der Waals surface area contributed by atoms with E-state index in [0.717, 1.165) is 65.0 Å². The minimum atomic E-state index is -0.386. The molecule has 1 unspecified atom stereocenters. The van der Waals surface area contributed by atoms with Crippen LogP contribution >= 0.6 is 0 Å². The zero-order valence-electron chi connectivity index (χ0n) is 22.4. The van der Waals surface area contributed by atoms with Crippen LogP contribution in [-0.2, 0) is 4.74 Å². The number of nitrogens with one attached hydrogen (secondary N) is 2. The van der Waals surface area contributed by atoms with E-state index in [1.807, 2.05) is 38.1 Å². The van der Waals surface area contributed by atoms with Crippen molar-refractivity contribution in [2.24, 2.45) is 0 Å². The van der Waals surface area contributed by atoms with Crippen LogP contribution in [0.25, 0.3) is 22.0 Å². The highest BCUT2D eigenvalue weighted by Gasteiger charge is 2.20. The zero-order valence-corrected chi connectivity index (χ0v) is 22.4. The Labute approximate surface area is 223 Å². The summed E-state index contributed by atoms with van der Waals surface area (Å²) in [5, 5.41) is 5.38. The van der Waals surface area contributed by atoms with Crippen molar-refractivity contribution in [3.05, 3.63) is 89.1 Å².